The van der Waals surface area contributed by atoms with E-state index in [-0.39, 0.29) is 0 Å². The predicted octanol–water partition coefficient (Wildman–Crippen LogP) is 2.61. The smallest absolute Gasteiger partial charge is 0.110 e. The molecule has 1 heterocycles. The Morgan fingerprint density at radius 2 is 2.00 bits per heavy atom. The molecule has 0 spiro atoms. The lowest BCUT2D eigenvalue weighted by molar-refractivity contribution is 0.935. The Morgan fingerprint density at radius 3 is 2.64 bits per heavy atom. The fraction of sp³-hybridized carbons (Fsp3) is 0.182. The summed E-state index contributed by atoms with van der Waals surface area (Å²) in [7, 11) is 0. The number of benzene rings is 1. The molecule has 0 fully saturated rings. The molecule has 0 N–H and O–H groups in total. The van der Waals surface area contributed by atoms with Crippen molar-refractivity contribution in [3.05, 3.63) is 48.0 Å². The van der Waals surface area contributed by atoms with Crippen molar-refractivity contribution in [1.82, 2.24) is 9.55 Å². The predicted molar refractivity (Wildman–Crippen MR) is 61.0 cm³/mol. The fourth-order valence-electron chi connectivity index (χ4n) is 1.53. The zero-order valence-electron chi connectivity index (χ0n) is 8.01. The van der Waals surface area contributed by atoms with Crippen molar-refractivity contribution >= 4 is 12.6 Å². The molecule has 1 aromatic carbocycles. The molecule has 0 bridgehead atoms. The molecule has 3 heteroatoms. The van der Waals surface area contributed by atoms with Crippen molar-refractivity contribution in [1.29, 1.82) is 0 Å². The van der Waals surface area contributed by atoms with Gasteiger partial charge in [-0.1, -0.05) is 18.2 Å². The van der Waals surface area contributed by atoms with Crippen LogP contribution < -0.4 is 0 Å². The maximum Gasteiger partial charge on any atom is 0.110 e. The highest BCUT2D eigenvalue weighted by atomic mass is 32.1. The number of imidazole rings is 1. The molecule has 0 saturated carbocycles. The minimum absolute atomic E-state index is 0.704. The summed E-state index contributed by atoms with van der Waals surface area (Å²) in [5.74, 6) is 1.70. The molecule has 2 nitrogen and oxygen atoms in total. The second-order valence-corrected chi connectivity index (χ2v) is 3.44. The van der Waals surface area contributed by atoms with Crippen molar-refractivity contribution in [2.45, 2.75) is 12.7 Å². The van der Waals surface area contributed by atoms with Crippen LogP contribution in [0.5, 0.6) is 0 Å². The minimum atomic E-state index is 0.704. The molecule has 14 heavy (non-hydrogen) atoms. The monoisotopic (exact) mass is 204 g/mol. The van der Waals surface area contributed by atoms with Crippen molar-refractivity contribution in [3.8, 4) is 5.69 Å². The topological polar surface area (TPSA) is 17.8 Å². The normalized spacial score (nSPS) is 10.4. The lowest BCUT2D eigenvalue weighted by atomic mass is 10.3. The number of para-hydroxylation sites is 1. The van der Waals surface area contributed by atoms with Gasteiger partial charge in [0.25, 0.3) is 0 Å². The van der Waals surface area contributed by atoms with Crippen LogP contribution in [-0.4, -0.2) is 9.55 Å². The van der Waals surface area contributed by atoms with Crippen molar-refractivity contribution in [2.24, 2.45) is 0 Å². The number of thiol groups is 1. The summed E-state index contributed by atoms with van der Waals surface area (Å²) in [6.07, 6.45) is 1.87. The third-order valence-electron chi connectivity index (χ3n) is 2.19. The first-order valence-electron chi connectivity index (χ1n) is 4.52. The average molecular weight is 204 g/mol. The van der Waals surface area contributed by atoms with Crippen LogP contribution in [0.4, 0.5) is 0 Å². The van der Waals surface area contributed by atoms with Gasteiger partial charge >= 0.3 is 0 Å². The summed E-state index contributed by atoms with van der Waals surface area (Å²) in [5, 5.41) is 0. The van der Waals surface area contributed by atoms with Gasteiger partial charge < -0.3 is 4.57 Å². The summed E-state index contributed by atoms with van der Waals surface area (Å²) in [6, 6.07) is 10.2. The first-order chi connectivity index (χ1) is 6.83. The molecule has 0 aliphatic heterocycles. The standard InChI is InChI=1S/C11H12N2S/c1-9-12-7-11(8-14)13(9)10-5-3-2-4-6-10/h2-7,14H,8H2,1H3. The molecular formula is C11H12N2S. The van der Waals surface area contributed by atoms with E-state index in [1.165, 1.54) is 0 Å². The molecule has 0 atom stereocenters. The Morgan fingerprint density at radius 1 is 1.29 bits per heavy atom. The Labute approximate surface area is 89.0 Å². The minimum Gasteiger partial charge on any atom is -0.300 e. The SMILES string of the molecule is Cc1ncc(CS)n1-c1ccccc1. The van der Waals surface area contributed by atoms with Crippen LogP contribution in [0.25, 0.3) is 5.69 Å². The molecule has 0 amide bonds. The van der Waals surface area contributed by atoms with E-state index in [0.29, 0.717) is 5.75 Å². The number of rotatable bonds is 2. The summed E-state index contributed by atoms with van der Waals surface area (Å²) in [6.45, 7) is 2.00. The van der Waals surface area contributed by atoms with Gasteiger partial charge in [-0.3, -0.25) is 0 Å². The average Bonchev–Trinajstić information content (AvgIpc) is 2.61. The molecule has 1 aromatic heterocycles. The van der Waals surface area contributed by atoms with Crippen molar-refractivity contribution in [3.63, 3.8) is 0 Å². The van der Waals surface area contributed by atoms with Gasteiger partial charge in [0.05, 0.1) is 5.69 Å². The molecule has 0 saturated heterocycles. The van der Waals surface area contributed by atoms with E-state index in [4.69, 9.17) is 0 Å². The van der Waals surface area contributed by atoms with Gasteiger partial charge in [0.15, 0.2) is 0 Å². The zero-order valence-corrected chi connectivity index (χ0v) is 8.91. The van der Waals surface area contributed by atoms with E-state index < -0.39 is 0 Å². The van der Waals surface area contributed by atoms with Gasteiger partial charge in [-0.2, -0.15) is 12.6 Å². The van der Waals surface area contributed by atoms with Crippen molar-refractivity contribution in [2.75, 3.05) is 0 Å². The van der Waals surface area contributed by atoms with E-state index >= 15 is 0 Å². The van der Waals surface area contributed by atoms with E-state index in [1.807, 2.05) is 31.3 Å². The number of hydrogen-bond donors (Lipinski definition) is 1. The maximum absolute atomic E-state index is 4.28. The Bertz CT molecular complexity index is 420. The van der Waals surface area contributed by atoms with Gasteiger partial charge in [-0.15, -0.1) is 0 Å². The van der Waals surface area contributed by atoms with Crippen LogP contribution >= 0.6 is 12.6 Å². The number of aromatic nitrogens is 2. The molecule has 0 aliphatic carbocycles. The van der Waals surface area contributed by atoms with Gasteiger partial charge in [0.2, 0.25) is 0 Å². The second-order valence-electron chi connectivity index (χ2n) is 3.13. The molecule has 2 rings (SSSR count). The van der Waals surface area contributed by atoms with Gasteiger partial charge in [-0.25, -0.2) is 4.98 Å². The number of aryl methyl sites for hydroxylation is 1. The van der Waals surface area contributed by atoms with Crippen molar-refractivity contribution < 1.29 is 0 Å². The van der Waals surface area contributed by atoms with Crippen LogP contribution in [0.1, 0.15) is 11.5 Å². The molecule has 2 aromatic rings. The second kappa shape index (κ2) is 3.88. The third kappa shape index (κ3) is 1.55. The summed E-state index contributed by atoms with van der Waals surface area (Å²) in [5.41, 5.74) is 2.27. The Hall–Kier alpha value is -1.22. The Kier molecular flexibility index (Phi) is 2.59. The summed E-state index contributed by atoms with van der Waals surface area (Å²) < 4.78 is 2.12. The maximum atomic E-state index is 4.28. The largest absolute Gasteiger partial charge is 0.300 e. The molecule has 0 unspecified atom stereocenters. The van der Waals surface area contributed by atoms with E-state index in [0.717, 1.165) is 17.2 Å². The highest BCUT2D eigenvalue weighted by Gasteiger charge is 2.05. The summed E-state index contributed by atoms with van der Waals surface area (Å²) in [4.78, 5) is 4.28. The molecular weight excluding hydrogens is 192 g/mol. The molecule has 72 valence electrons. The lowest BCUT2D eigenvalue weighted by Crippen LogP contribution is -2.00. The van der Waals surface area contributed by atoms with Crippen LogP contribution in [0.15, 0.2) is 36.5 Å². The van der Waals surface area contributed by atoms with Gasteiger partial charge in [0, 0.05) is 17.6 Å². The van der Waals surface area contributed by atoms with Gasteiger partial charge in [0.1, 0.15) is 5.82 Å². The van der Waals surface area contributed by atoms with Gasteiger partial charge in [-0.05, 0) is 19.1 Å². The van der Waals surface area contributed by atoms with Crippen LogP contribution in [0.2, 0.25) is 0 Å². The first kappa shape index (κ1) is 9.34. The highest BCUT2D eigenvalue weighted by Crippen LogP contribution is 2.15. The van der Waals surface area contributed by atoms with Crippen LogP contribution in [0, 0.1) is 6.92 Å². The van der Waals surface area contributed by atoms with Crippen LogP contribution in [-0.2, 0) is 5.75 Å². The zero-order chi connectivity index (χ0) is 9.97. The first-order valence-corrected chi connectivity index (χ1v) is 5.15. The lowest BCUT2D eigenvalue weighted by Gasteiger charge is -2.08. The number of hydrogen-bond acceptors (Lipinski definition) is 2. The number of nitrogens with zero attached hydrogens (tertiary/aromatic N) is 2. The van der Waals surface area contributed by atoms with Crippen LogP contribution in [0.3, 0.4) is 0 Å². The third-order valence-corrected chi connectivity index (χ3v) is 2.51. The van der Waals surface area contributed by atoms with E-state index in [2.05, 4.69) is 34.3 Å². The fourth-order valence-corrected chi connectivity index (χ4v) is 1.76. The quantitative estimate of drug-likeness (QED) is 0.744. The van der Waals surface area contributed by atoms with E-state index in [9.17, 15) is 0 Å². The van der Waals surface area contributed by atoms with E-state index in [1.54, 1.807) is 0 Å². The molecule has 0 radical (unpaired) electrons. The Balaban J connectivity index is 2.55. The highest BCUT2D eigenvalue weighted by molar-refractivity contribution is 7.79. The molecule has 0 aliphatic rings. The summed E-state index contributed by atoms with van der Waals surface area (Å²) >= 11 is 4.28.